The van der Waals surface area contributed by atoms with E-state index in [9.17, 15) is 4.79 Å². The number of nitrogens with one attached hydrogen (secondary N) is 2. The van der Waals surface area contributed by atoms with Crippen LogP contribution in [0.5, 0.6) is 0 Å². The predicted octanol–water partition coefficient (Wildman–Crippen LogP) is 2.52. The number of carbonyl (C=O) groups is 1. The van der Waals surface area contributed by atoms with E-state index in [1.807, 2.05) is 0 Å². The molecule has 3 unspecified atom stereocenters. The van der Waals surface area contributed by atoms with Crippen LogP contribution in [0.1, 0.15) is 31.2 Å². The Morgan fingerprint density at radius 2 is 1.90 bits per heavy atom. The van der Waals surface area contributed by atoms with Crippen molar-refractivity contribution >= 4 is 30.1 Å². The monoisotopic (exact) mass is 324 g/mol. The number of piperidine rings is 1. The fourth-order valence-electron chi connectivity index (χ4n) is 3.80. The highest BCUT2D eigenvalue weighted by Crippen LogP contribution is 2.37. The first-order valence-corrected chi connectivity index (χ1v) is 8.47. The van der Waals surface area contributed by atoms with Gasteiger partial charge in [0, 0.05) is 23.0 Å². The molecule has 0 aliphatic carbocycles. The highest BCUT2D eigenvalue weighted by molar-refractivity contribution is 8.01. The van der Waals surface area contributed by atoms with Crippen molar-refractivity contribution in [2.24, 2.45) is 0 Å². The maximum absolute atomic E-state index is 12.5. The molecule has 2 bridgehead atoms. The molecule has 3 nitrogen and oxygen atoms in total. The van der Waals surface area contributed by atoms with Crippen LogP contribution in [0.4, 0.5) is 0 Å². The number of fused-ring (bicyclic) bond motifs is 3. The number of benzene rings is 1. The molecule has 3 aliphatic heterocycles. The number of thioether (sulfide) groups is 1. The maximum Gasteiger partial charge on any atom is 0.234 e. The van der Waals surface area contributed by atoms with Crippen molar-refractivity contribution in [1.29, 1.82) is 0 Å². The molecule has 0 aromatic heterocycles. The fraction of sp³-hybridized carbons (Fsp3) is 0.562. The average Bonchev–Trinajstić information content (AvgIpc) is 3.02. The molecule has 2 saturated heterocycles. The molecular weight excluding hydrogens is 304 g/mol. The number of hydrogen-bond acceptors (Lipinski definition) is 3. The summed E-state index contributed by atoms with van der Waals surface area (Å²) in [5, 5.41) is 6.99. The number of carbonyl (C=O) groups excluding carboxylic acids is 1. The molecule has 2 fully saturated rings. The smallest absolute Gasteiger partial charge is 0.234 e. The third-order valence-electron chi connectivity index (χ3n) is 4.76. The number of amides is 1. The summed E-state index contributed by atoms with van der Waals surface area (Å²) in [5.41, 5.74) is 1.32. The summed E-state index contributed by atoms with van der Waals surface area (Å²) in [4.78, 5) is 13.7. The fourth-order valence-corrected chi connectivity index (χ4v) is 5.00. The molecule has 3 heterocycles. The summed E-state index contributed by atoms with van der Waals surface area (Å²) >= 11 is 1.72. The highest BCUT2D eigenvalue weighted by Gasteiger charge is 2.36. The Morgan fingerprint density at radius 3 is 2.62 bits per heavy atom. The van der Waals surface area contributed by atoms with Crippen molar-refractivity contribution < 1.29 is 4.79 Å². The van der Waals surface area contributed by atoms with Crippen molar-refractivity contribution in [3.05, 3.63) is 29.8 Å². The van der Waals surface area contributed by atoms with E-state index in [1.54, 1.807) is 11.8 Å². The topological polar surface area (TPSA) is 41.1 Å². The zero-order chi connectivity index (χ0) is 13.5. The SMILES string of the molecule is Cl.O=C(NC1CC2CCC(C1)N2)C1Cc2ccccc2S1. The van der Waals surface area contributed by atoms with E-state index in [0.29, 0.717) is 18.1 Å². The second-order valence-corrected chi connectivity index (χ2v) is 7.48. The van der Waals surface area contributed by atoms with Crippen LogP contribution >= 0.6 is 24.2 Å². The van der Waals surface area contributed by atoms with Gasteiger partial charge in [0.15, 0.2) is 0 Å². The summed E-state index contributed by atoms with van der Waals surface area (Å²) in [6.07, 6.45) is 5.64. The summed E-state index contributed by atoms with van der Waals surface area (Å²) in [6, 6.07) is 10.0. The Bertz CT molecular complexity index is 502. The second kappa shape index (κ2) is 6.19. The lowest BCUT2D eigenvalue weighted by Crippen LogP contribution is -2.49. The minimum atomic E-state index is 0. The zero-order valence-electron chi connectivity index (χ0n) is 11.9. The number of hydrogen-bond donors (Lipinski definition) is 2. The van der Waals surface area contributed by atoms with Crippen LogP contribution < -0.4 is 10.6 Å². The second-order valence-electron chi connectivity index (χ2n) is 6.23. The Morgan fingerprint density at radius 1 is 1.19 bits per heavy atom. The molecule has 5 heteroatoms. The van der Waals surface area contributed by atoms with E-state index in [-0.39, 0.29) is 23.6 Å². The molecule has 0 radical (unpaired) electrons. The molecule has 4 rings (SSSR count). The van der Waals surface area contributed by atoms with Gasteiger partial charge in [0.1, 0.15) is 0 Å². The Labute approximate surface area is 136 Å². The Balaban J connectivity index is 0.00000132. The summed E-state index contributed by atoms with van der Waals surface area (Å²) in [5.74, 6) is 0.234. The van der Waals surface area contributed by atoms with Gasteiger partial charge in [-0.15, -0.1) is 24.2 Å². The first-order chi connectivity index (χ1) is 9.78. The molecule has 0 saturated carbocycles. The van der Waals surface area contributed by atoms with Crippen LogP contribution in [-0.4, -0.2) is 29.3 Å². The van der Waals surface area contributed by atoms with E-state index in [1.165, 1.54) is 23.3 Å². The van der Waals surface area contributed by atoms with Crippen molar-refractivity contribution in [3.63, 3.8) is 0 Å². The highest BCUT2D eigenvalue weighted by atomic mass is 35.5. The average molecular weight is 325 g/mol. The Hall–Kier alpha value is -0.710. The van der Waals surface area contributed by atoms with Crippen LogP contribution in [0.2, 0.25) is 0 Å². The molecule has 1 amide bonds. The lowest BCUT2D eigenvalue weighted by Gasteiger charge is -2.30. The predicted molar refractivity (Wildman–Crippen MR) is 88.1 cm³/mol. The van der Waals surface area contributed by atoms with E-state index in [4.69, 9.17) is 0 Å². The van der Waals surface area contributed by atoms with Crippen LogP contribution in [0.15, 0.2) is 29.2 Å². The summed E-state index contributed by atoms with van der Waals surface area (Å²) in [7, 11) is 0. The van der Waals surface area contributed by atoms with E-state index in [0.717, 1.165) is 19.3 Å². The number of rotatable bonds is 2. The van der Waals surface area contributed by atoms with Crippen molar-refractivity contribution in [2.45, 2.75) is 60.4 Å². The van der Waals surface area contributed by atoms with Crippen LogP contribution in [-0.2, 0) is 11.2 Å². The largest absolute Gasteiger partial charge is 0.352 e. The Kier molecular flexibility index (Phi) is 4.48. The first-order valence-electron chi connectivity index (χ1n) is 7.59. The van der Waals surface area contributed by atoms with Gasteiger partial charge in [-0.25, -0.2) is 0 Å². The van der Waals surface area contributed by atoms with Gasteiger partial charge < -0.3 is 10.6 Å². The molecule has 21 heavy (non-hydrogen) atoms. The zero-order valence-corrected chi connectivity index (χ0v) is 13.5. The lowest BCUT2D eigenvalue weighted by atomic mass is 9.99. The molecule has 0 spiro atoms. The van der Waals surface area contributed by atoms with Crippen molar-refractivity contribution in [2.75, 3.05) is 0 Å². The van der Waals surface area contributed by atoms with Crippen LogP contribution in [0, 0.1) is 0 Å². The molecular formula is C16H21ClN2OS. The van der Waals surface area contributed by atoms with Crippen molar-refractivity contribution in [1.82, 2.24) is 10.6 Å². The molecule has 1 aromatic rings. The third kappa shape index (κ3) is 3.08. The maximum atomic E-state index is 12.5. The van der Waals surface area contributed by atoms with Gasteiger partial charge in [-0.2, -0.15) is 0 Å². The molecule has 3 aliphatic rings. The van der Waals surface area contributed by atoms with Gasteiger partial charge >= 0.3 is 0 Å². The van der Waals surface area contributed by atoms with E-state index >= 15 is 0 Å². The first kappa shape index (κ1) is 15.2. The van der Waals surface area contributed by atoms with Crippen LogP contribution in [0.3, 0.4) is 0 Å². The van der Waals surface area contributed by atoms with Gasteiger partial charge in [-0.05, 0) is 43.7 Å². The van der Waals surface area contributed by atoms with E-state index < -0.39 is 0 Å². The van der Waals surface area contributed by atoms with Gasteiger partial charge in [-0.3, -0.25) is 4.79 Å². The van der Waals surface area contributed by atoms with Gasteiger partial charge in [-0.1, -0.05) is 18.2 Å². The van der Waals surface area contributed by atoms with Gasteiger partial charge in [0.2, 0.25) is 5.91 Å². The molecule has 2 N–H and O–H groups in total. The third-order valence-corrected chi connectivity index (χ3v) is 6.08. The standard InChI is InChI=1S/C16H20N2OS.ClH/c19-16(15-7-10-3-1-2-4-14(10)20-15)18-13-8-11-5-6-12(9-13)17-11;/h1-4,11-13,15,17H,5-9H2,(H,18,19);1H. The molecule has 114 valence electrons. The number of halogens is 1. The van der Waals surface area contributed by atoms with Crippen molar-refractivity contribution in [3.8, 4) is 0 Å². The molecule has 3 atom stereocenters. The minimum Gasteiger partial charge on any atom is -0.352 e. The minimum absolute atomic E-state index is 0. The van der Waals surface area contributed by atoms with Gasteiger partial charge in [0.25, 0.3) is 0 Å². The summed E-state index contributed by atoms with van der Waals surface area (Å²) in [6.45, 7) is 0. The van der Waals surface area contributed by atoms with Crippen LogP contribution in [0.25, 0.3) is 0 Å². The van der Waals surface area contributed by atoms with E-state index in [2.05, 4.69) is 34.9 Å². The quantitative estimate of drug-likeness (QED) is 0.878. The lowest BCUT2D eigenvalue weighted by molar-refractivity contribution is -0.121. The normalized spacial score (nSPS) is 33.1. The summed E-state index contributed by atoms with van der Waals surface area (Å²) < 4.78 is 0. The molecule has 1 aromatic carbocycles. The van der Waals surface area contributed by atoms with Gasteiger partial charge in [0.05, 0.1) is 5.25 Å².